The molecule has 102 valence electrons. The van der Waals surface area contributed by atoms with Gasteiger partial charge in [-0.3, -0.25) is 0 Å². The Labute approximate surface area is 125 Å². The first kappa shape index (κ1) is 16.2. The van der Waals surface area contributed by atoms with Crippen LogP contribution in [0.4, 0.5) is 0 Å². The monoisotopic (exact) mass is 305 g/mol. The molecular formula is C14H21Cl2NS. The van der Waals surface area contributed by atoms with E-state index in [0.29, 0.717) is 14.8 Å². The summed E-state index contributed by atoms with van der Waals surface area (Å²) in [4.78, 5) is 0. The molecule has 0 spiro atoms. The van der Waals surface area contributed by atoms with Crippen molar-refractivity contribution in [2.75, 3.05) is 12.8 Å². The molecule has 1 N–H and O–H groups in total. The first-order chi connectivity index (χ1) is 8.56. The van der Waals surface area contributed by atoms with E-state index in [-0.39, 0.29) is 0 Å². The zero-order valence-electron chi connectivity index (χ0n) is 11.2. The molecule has 0 saturated heterocycles. The maximum absolute atomic E-state index is 6.00. The second-order valence-corrected chi connectivity index (χ2v) is 6.53. The summed E-state index contributed by atoms with van der Waals surface area (Å²) in [6.45, 7) is 6.35. The number of thioether (sulfide) groups is 1. The molecule has 18 heavy (non-hydrogen) atoms. The van der Waals surface area contributed by atoms with Gasteiger partial charge in [0.25, 0.3) is 0 Å². The predicted molar refractivity (Wildman–Crippen MR) is 85.0 cm³/mol. The third-order valence-corrected chi connectivity index (χ3v) is 5.81. The molecule has 0 heterocycles. The number of hydrogen-bond donors (Lipinski definition) is 1. The Balaban J connectivity index is 2.52. The van der Waals surface area contributed by atoms with E-state index in [1.54, 1.807) is 0 Å². The van der Waals surface area contributed by atoms with Crippen LogP contribution in [0.3, 0.4) is 0 Å². The summed E-state index contributed by atoms with van der Waals surface area (Å²) < 4.78 is 0.343. The summed E-state index contributed by atoms with van der Waals surface area (Å²) >= 11 is 13.8. The summed E-state index contributed by atoms with van der Waals surface area (Å²) in [5.74, 6) is 0. The largest absolute Gasteiger partial charge is 0.311 e. The molecule has 1 aromatic rings. The van der Waals surface area contributed by atoms with Gasteiger partial charge in [-0.1, -0.05) is 43.1 Å². The van der Waals surface area contributed by atoms with Crippen molar-refractivity contribution in [3.05, 3.63) is 33.8 Å². The van der Waals surface area contributed by atoms with E-state index in [2.05, 4.69) is 25.4 Å². The van der Waals surface area contributed by atoms with Crippen molar-refractivity contribution in [1.82, 2.24) is 5.32 Å². The SMILES string of the molecule is CCC(CC)(CNCc1ccc(Cl)c(Cl)c1)SC. The second-order valence-electron chi connectivity index (χ2n) is 4.45. The third kappa shape index (κ3) is 4.34. The molecule has 0 saturated carbocycles. The Morgan fingerprint density at radius 2 is 1.83 bits per heavy atom. The van der Waals surface area contributed by atoms with Crippen molar-refractivity contribution >= 4 is 35.0 Å². The van der Waals surface area contributed by atoms with Crippen LogP contribution in [0.1, 0.15) is 32.3 Å². The summed E-state index contributed by atoms with van der Waals surface area (Å²) in [6, 6.07) is 5.79. The summed E-state index contributed by atoms with van der Waals surface area (Å²) in [5.41, 5.74) is 1.17. The topological polar surface area (TPSA) is 12.0 Å². The fraction of sp³-hybridized carbons (Fsp3) is 0.571. The van der Waals surface area contributed by atoms with Crippen LogP contribution < -0.4 is 5.32 Å². The maximum Gasteiger partial charge on any atom is 0.0595 e. The van der Waals surface area contributed by atoms with Gasteiger partial charge in [-0.05, 0) is 36.8 Å². The molecule has 1 aromatic carbocycles. The molecule has 0 aromatic heterocycles. The lowest BCUT2D eigenvalue weighted by atomic mass is 10.0. The number of benzene rings is 1. The Hall–Kier alpha value is 0.110. The Kier molecular flexibility index (Phi) is 6.86. The predicted octanol–water partition coefficient (Wildman–Crippen LogP) is 5.00. The van der Waals surface area contributed by atoms with Crippen molar-refractivity contribution in [2.45, 2.75) is 38.0 Å². The molecule has 0 fully saturated rings. The lowest BCUT2D eigenvalue weighted by Gasteiger charge is -2.30. The number of rotatable bonds is 7. The van der Waals surface area contributed by atoms with Crippen LogP contribution in [0.2, 0.25) is 10.0 Å². The minimum atomic E-state index is 0.343. The van der Waals surface area contributed by atoms with Gasteiger partial charge in [0.1, 0.15) is 0 Å². The van der Waals surface area contributed by atoms with Gasteiger partial charge in [0, 0.05) is 17.8 Å². The smallest absolute Gasteiger partial charge is 0.0595 e. The molecule has 0 aliphatic carbocycles. The van der Waals surface area contributed by atoms with Gasteiger partial charge in [0.2, 0.25) is 0 Å². The van der Waals surface area contributed by atoms with Gasteiger partial charge in [0.05, 0.1) is 10.0 Å². The normalized spacial score (nSPS) is 11.8. The van der Waals surface area contributed by atoms with Gasteiger partial charge in [-0.25, -0.2) is 0 Å². The molecule has 0 bridgehead atoms. The highest BCUT2D eigenvalue weighted by Crippen LogP contribution is 2.29. The van der Waals surface area contributed by atoms with Crippen LogP contribution in [0.25, 0.3) is 0 Å². The molecule has 0 unspecified atom stereocenters. The lowest BCUT2D eigenvalue weighted by molar-refractivity contribution is 0.495. The highest BCUT2D eigenvalue weighted by Gasteiger charge is 2.23. The molecule has 0 aliphatic heterocycles. The van der Waals surface area contributed by atoms with Gasteiger partial charge < -0.3 is 5.32 Å². The van der Waals surface area contributed by atoms with E-state index in [4.69, 9.17) is 23.2 Å². The van der Waals surface area contributed by atoms with Gasteiger partial charge in [-0.15, -0.1) is 0 Å². The van der Waals surface area contributed by atoms with Crippen LogP contribution >= 0.6 is 35.0 Å². The summed E-state index contributed by atoms with van der Waals surface area (Å²) in [7, 11) is 0. The molecular weight excluding hydrogens is 285 g/mol. The minimum Gasteiger partial charge on any atom is -0.311 e. The van der Waals surface area contributed by atoms with E-state index in [0.717, 1.165) is 13.1 Å². The standard InChI is InChI=1S/C14H21Cl2NS/c1-4-14(5-2,18-3)10-17-9-11-6-7-12(15)13(16)8-11/h6-8,17H,4-5,9-10H2,1-3H3. The van der Waals surface area contributed by atoms with Gasteiger partial charge in [0.15, 0.2) is 0 Å². The van der Waals surface area contributed by atoms with Crippen LogP contribution in [-0.2, 0) is 6.54 Å². The van der Waals surface area contributed by atoms with E-state index in [1.807, 2.05) is 30.0 Å². The highest BCUT2D eigenvalue weighted by atomic mass is 35.5. The van der Waals surface area contributed by atoms with Crippen molar-refractivity contribution in [3.63, 3.8) is 0 Å². The average molecular weight is 306 g/mol. The molecule has 0 aliphatic rings. The Bertz CT molecular complexity index is 370. The molecule has 4 heteroatoms. The van der Waals surface area contributed by atoms with Crippen LogP contribution in [-0.4, -0.2) is 17.5 Å². The molecule has 1 rings (SSSR count). The number of halogens is 2. The maximum atomic E-state index is 6.00. The number of hydrogen-bond acceptors (Lipinski definition) is 2. The van der Waals surface area contributed by atoms with Gasteiger partial charge in [-0.2, -0.15) is 11.8 Å². The van der Waals surface area contributed by atoms with Gasteiger partial charge >= 0.3 is 0 Å². The first-order valence-corrected chi connectivity index (χ1v) is 8.24. The zero-order valence-corrected chi connectivity index (χ0v) is 13.6. The average Bonchev–Trinajstić information content (AvgIpc) is 2.39. The molecule has 0 amide bonds. The van der Waals surface area contributed by atoms with E-state index in [1.165, 1.54) is 18.4 Å². The third-order valence-electron chi connectivity index (χ3n) is 3.48. The van der Waals surface area contributed by atoms with Crippen LogP contribution in [0, 0.1) is 0 Å². The molecule has 0 atom stereocenters. The van der Waals surface area contributed by atoms with Crippen molar-refractivity contribution in [2.24, 2.45) is 0 Å². The molecule has 1 nitrogen and oxygen atoms in total. The zero-order chi connectivity index (χ0) is 13.6. The summed E-state index contributed by atoms with van der Waals surface area (Å²) in [5, 5.41) is 4.75. The Morgan fingerprint density at radius 1 is 1.17 bits per heavy atom. The van der Waals surface area contributed by atoms with Crippen LogP contribution in [0.5, 0.6) is 0 Å². The number of nitrogens with one attached hydrogen (secondary N) is 1. The van der Waals surface area contributed by atoms with E-state index in [9.17, 15) is 0 Å². The van der Waals surface area contributed by atoms with Crippen LogP contribution in [0.15, 0.2) is 18.2 Å². The highest BCUT2D eigenvalue weighted by molar-refractivity contribution is 8.00. The fourth-order valence-corrected chi connectivity index (χ4v) is 3.09. The summed E-state index contributed by atoms with van der Waals surface area (Å²) in [6.07, 6.45) is 4.55. The minimum absolute atomic E-state index is 0.343. The van der Waals surface area contributed by atoms with Crippen molar-refractivity contribution in [1.29, 1.82) is 0 Å². The van der Waals surface area contributed by atoms with Crippen molar-refractivity contribution in [3.8, 4) is 0 Å². The van der Waals surface area contributed by atoms with Crippen molar-refractivity contribution < 1.29 is 0 Å². The Morgan fingerprint density at radius 3 is 2.33 bits per heavy atom. The fourth-order valence-electron chi connectivity index (χ4n) is 1.95. The lowest BCUT2D eigenvalue weighted by Crippen LogP contribution is -2.36. The van der Waals surface area contributed by atoms with E-state index < -0.39 is 0 Å². The first-order valence-electron chi connectivity index (χ1n) is 6.26. The molecule has 0 radical (unpaired) electrons. The quantitative estimate of drug-likeness (QED) is 0.760. The van der Waals surface area contributed by atoms with E-state index >= 15 is 0 Å². The second kappa shape index (κ2) is 7.64.